The first-order chi connectivity index (χ1) is 10.4. The van der Waals surface area contributed by atoms with Gasteiger partial charge in [-0.2, -0.15) is 13.2 Å². The number of aromatic nitrogens is 2. The lowest BCUT2D eigenvalue weighted by Crippen LogP contribution is -2.37. The summed E-state index contributed by atoms with van der Waals surface area (Å²) >= 11 is 0. The van der Waals surface area contributed by atoms with Crippen molar-refractivity contribution in [2.24, 2.45) is 0 Å². The summed E-state index contributed by atoms with van der Waals surface area (Å²) in [5.74, 6) is 0.761. The predicted octanol–water partition coefficient (Wildman–Crippen LogP) is 3.10. The van der Waals surface area contributed by atoms with Gasteiger partial charge in [-0.1, -0.05) is 12.1 Å². The Labute approximate surface area is 125 Å². The molecule has 7 heteroatoms. The SMILES string of the molecule is CN1CCOC[C@H]1c1ncc(-c2ccc(C(F)(F)F)cc2)[nH]1. The van der Waals surface area contributed by atoms with Crippen LogP contribution in [-0.4, -0.2) is 41.7 Å². The second-order valence-corrected chi connectivity index (χ2v) is 5.33. The van der Waals surface area contributed by atoms with Gasteiger partial charge in [-0.15, -0.1) is 0 Å². The quantitative estimate of drug-likeness (QED) is 0.926. The molecule has 1 aromatic carbocycles. The Morgan fingerprint density at radius 2 is 2.00 bits per heavy atom. The minimum atomic E-state index is -4.32. The highest BCUT2D eigenvalue weighted by molar-refractivity contribution is 5.59. The number of hydrogen-bond acceptors (Lipinski definition) is 3. The van der Waals surface area contributed by atoms with Crippen molar-refractivity contribution < 1.29 is 17.9 Å². The van der Waals surface area contributed by atoms with Gasteiger partial charge in [0.25, 0.3) is 0 Å². The minimum absolute atomic E-state index is 0.0388. The third-order valence-corrected chi connectivity index (χ3v) is 3.83. The Balaban J connectivity index is 1.81. The van der Waals surface area contributed by atoms with Crippen LogP contribution in [0.2, 0.25) is 0 Å². The lowest BCUT2D eigenvalue weighted by Gasteiger charge is -2.30. The van der Waals surface area contributed by atoms with E-state index in [4.69, 9.17) is 4.74 Å². The summed E-state index contributed by atoms with van der Waals surface area (Å²) in [6.45, 7) is 2.07. The molecule has 0 spiro atoms. The molecule has 1 N–H and O–H groups in total. The first kappa shape index (κ1) is 15.1. The second kappa shape index (κ2) is 5.73. The normalized spacial score (nSPS) is 20.3. The van der Waals surface area contributed by atoms with Crippen molar-refractivity contribution in [3.63, 3.8) is 0 Å². The molecule has 1 aromatic heterocycles. The van der Waals surface area contributed by atoms with Crippen LogP contribution < -0.4 is 0 Å². The number of aromatic amines is 1. The van der Waals surface area contributed by atoms with Crippen molar-refractivity contribution >= 4 is 0 Å². The molecule has 22 heavy (non-hydrogen) atoms. The number of likely N-dealkylation sites (N-methyl/N-ethyl adjacent to an activating group) is 1. The number of nitrogens with zero attached hydrogens (tertiary/aromatic N) is 2. The van der Waals surface area contributed by atoms with Crippen LogP contribution in [0.3, 0.4) is 0 Å². The highest BCUT2D eigenvalue weighted by Gasteiger charge is 2.30. The van der Waals surface area contributed by atoms with Crippen LogP contribution in [0, 0.1) is 0 Å². The van der Waals surface area contributed by atoms with E-state index < -0.39 is 11.7 Å². The first-order valence-corrected chi connectivity index (χ1v) is 6.95. The Morgan fingerprint density at radius 1 is 1.27 bits per heavy atom. The average Bonchev–Trinajstić information content (AvgIpc) is 2.96. The zero-order valence-electron chi connectivity index (χ0n) is 12.0. The van der Waals surface area contributed by atoms with Crippen molar-refractivity contribution in [2.45, 2.75) is 12.2 Å². The largest absolute Gasteiger partial charge is 0.416 e. The molecule has 1 saturated heterocycles. The van der Waals surface area contributed by atoms with E-state index in [9.17, 15) is 13.2 Å². The van der Waals surface area contributed by atoms with E-state index in [1.165, 1.54) is 12.1 Å². The standard InChI is InChI=1S/C15H16F3N3O/c1-21-6-7-22-9-13(21)14-19-8-12(20-14)10-2-4-11(5-3-10)15(16,17)18/h2-5,8,13H,6-7,9H2,1H3,(H,19,20)/t13-/m0/s1. The highest BCUT2D eigenvalue weighted by Crippen LogP contribution is 2.31. The third kappa shape index (κ3) is 3.00. The summed E-state index contributed by atoms with van der Waals surface area (Å²) in [4.78, 5) is 9.65. The van der Waals surface area contributed by atoms with Gasteiger partial charge in [-0.3, -0.25) is 4.90 Å². The molecular weight excluding hydrogens is 295 g/mol. The summed E-state index contributed by atoms with van der Waals surface area (Å²) < 4.78 is 43.2. The van der Waals surface area contributed by atoms with Crippen LogP contribution in [-0.2, 0) is 10.9 Å². The van der Waals surface area contributed by atoms with Crippen LogP contribution >= 0.6 is 0 Å². The van der Waals surface area contributed by atoms with Gasteiger partial charge in [0, 0.05) is 6.54 Å². The van der Waals surface area contributed by atoms with Gasteiger partial charge in [-0.05, 0) is 24.7 Å². The van der Waals surface area contributed by atoms with Crippen LogP contribution in [0.25, 0.3) is 11.3 Å². The lowest BCUT2D eigenvalue weighted by atomic mass is 10.1. The topological polar surface area (TPSA) is 41.1 Å². The average molecular weight is 311 g/mol. The minimum Gasteiger partial charge on any atom is -0.378 e. The number of morpholine rings is 1. The molecule has 0 radical (unpaired) electrons. The molecule has 1 aliphatic heterocycles. The number of alkyl halides is 3. The van der Waals surface area contributed by atoms with Gasteiger partial charge in [-0.25, -0.2) is 4.98 Å². The van der Waals surface area contributed by atoms with Gasteiger partial charge >= 0.3 is 6.18 Å². The number of rotatable bonds is 2. The third-order valence-electron chi connectivity index (χ3n) is 3.83. The van der Waals surface area contributed by atoms with E-state index in [2.05, 4.69) is 14.9 Å². The van der Waals surface area contributed by atoms with Crippen LogP contribution in [0.4, 0.5) is 13.2 Å². The van der Waals surface area contributed by atoms with E-state index in [0.717, 1.165) is 24.5 Å². The maximum absolute atomic E-state index is 12.6. The molecule has 0 saturated carbocycles. The van der Waals surface area contributed by atoms with Crippen molar-refractivity contribution in [3.8, 4) is 11.3 Å². The molecule has 4 nitrogen and oxygen atoms in total. The van der Waals surface area contributed by atoms with Crippen molar-refractivity contribution in [3.05, 3.63) is 41.9 Å². The Hall–Kier alpha value is -1.86. The van der Waals surface area contributed by atoms with Crippen LogP contribution in [0.1, 0.15) is 17.4 Å². The van der Waals surface area contributed by atoms with Gasteiger partial charge in [0.1, 0.15) is 5.82 Å². The number of nitrogens with one attached hydrogen (secondary N) is 1. The molecule has 2 heterocycles. The smallest absolute Gasteiger partial charge is 0.378 e. The molecule has 0 unspecified atom stereocenters. The fourth-order valence-corrected chi connectivity index (χ4v) is 2.47. The number of hydrogen-bond donors (Lipinski definition) is 1. The zero-order valence-corrected chi connectivity index (χ0v) is 12.0. The number of imidazole rings is 1. The summed E-state index contributed by atoms with van der Waals surface area (Å²) in [7, 11) is 1.99. The molecule has 0 aliphatic carbocycles. The predicted molar refractivity (Wildman–Crippen MR) is 75.2 cm³/mol. The summed E-state index contributed by atoms with van der Waals surface area (Å²) in [5.41, 5.74) is 0.713. The van der Waals surface area contributed by atoms with Gasteiger partial charge in [0.15, 0.2) is 0 Å². The Bertz CT molecular complexity index is 636. The molecule has 0 amide bonds. The molecule has 1 atom stereocenters. The maximum atomic E-state index is 12.6. The highest BCUT2D eigenvalue weighted by atomic mass is 19.4. The van der Waals surface area contributed by atoms with E-state index in [1.54, 1.807) is 6.20 Å². The zero-order chi connectivity index (χ0) is 15.7. The van der Waals surface area contributed by atoms with Crippen molar-refractivity contribution in [1.29, 1.82) is 0 Å². The molecule has 3 rings (SSSR count). The van der Waals surface area contributed by atoms with E-state index in [0.29, 0.717) is 24.5 Å². The number of H-pyrrole nitrogens is 1. The Morgan fingerprint density at radius 3 is 2.64 bits per heavy atom. The van der Waals surface area contributed by atoms with E-state index in [1.807, 2.05) is 7.05 Å². The van der Waals surface area contributed by atoms with E-state index >= 15 is 0 Å². The molecule has 0 bridgehead atoms. The molecule has 1 aliphatic rings. The van der Waals surface area contributed by atoms with Crippen LogP contribution in [0.15, 0.2) is 30.5 Å². The lowest BCUT2D eigenvalue weighted by molar-refractivity contribution is -0.137. The van der Waals surface area contributed by atoms with Gasteiger partial charge in [0.05, 0.1) is 36.7 Å². The summed E-state index contributed by atoms with van der Waals surface area (Å²) in [6.07, 6.45) is -2.68. The second-order valence-electron chi connectivity index (χ2n) is 5.33. The maximum Gasteiger partial charge on any atom is 0.416 e. The van der Waals surface area contributed by atoms with Crippen LogP contribution in [0.5, 0.6) is 0 Å². The van der Waals surface area contributed by atoms with Crippen molar-refractivity contribution in [2.75, 3.05) is 26.8 Å². The monoisotopic (exact) mass is 311 g/mol. The number of ether oxygens (including phenoxy) is 1. The summed E-state index contributed by atoms with van der Waals surface area (Å²) in [6, 6.07) is 5.08. The summed E-state index contributed by atoms with van der Waals surface area (Å²) in [5, 5.41) is 0. The Kier molecular flexibility index (Phi) is 3.92. The fourth-order valence-electron chi connectivity index (χ4n) is 2.47. The molecule has 118 valence electrons. The fraction of sp³-hybridized carbons (Fsp3) is 0.400. The number of halogens is 3. The van der Waals surface area contributed by atoms with E-state index in [-0.39, 0.29) is 6.04 Å². The molecule has 2 aromatic rings. The first-order valence-electron chi connectivity index (χ1n) is 6.95. The molecule has 1 fully saturated rings. The number of benzene rings is 1. The van der Waals surface area contributed by atoms with Gasteiger partial charge in [0.2, 0.25) is 0 Å². The van der Waals surface area contributed by atoms with Crippen molar-refractivity contribution in [1.82, 2.24) is 14.9 Å². The molecular formula is C15H16F3N3O. The van der Waals surface area contributed by atoms with Gasteiger partial charge < -0.3 is 9.72 Å².